The van der Waals surface area contributed by atoms with Crippen molar-refractivity contribution in [3.63, 3.8) is 0 Å². The molecule has 0 rings (SSSR count). The van der Waals surface area contributed by atoms with E-state index in [0.29, 0.717) is 0 Å². The number of carbonyl (C=O) groups is 1. The first-order valence-corrected chi connectivity index (χ1v) is 3.91. The van der Waals surface area contributed by atoms with Gasteiger partial charge in [0.1, 0.15) is 0 Å². The zero-order valence-corrected chi connectivity index (χ0v) is 7.79. The third-order valence-electron chi connectivity index (χ3n) is 1.08. The van der Waals surface area contributed by atoms with Gasteiger partial charge in [-0.2, -0.15) is 0 Å². The zero-order chi connectivity index (χ0) is 12.1. The van der Waals surface area contributed by atoms with Crippen LogP contribution in [0.25, 0.3) is 0 Å². The molecule has 0 radical (unpaired) electrons. The largest absolute Gasteiger partial charge is 0.350 e. The first-order valence-electron chi connectivity index (χ1n) is 5.41. The maximum Gasteiger partial charge on any atom is 0.243 e. The summed E-state index contributed by atoms with van der Waals surface area (Å²) in [5.41, 5.74) is 0. The van der Waals surface area contributed by atoms with Crippen LogP contribution in [0.5, 0.6) is 0 Å². The number of carbonyl (C=O) groups excluding carboxylic acids is 1. The van der Waals surface area contributed by atoms with E-state index in [1.54, 1.807) is 0 Å². The van der Waals surface area contributed by atoms with E-state index in [0.717, 1.165) is 0 Å². The van der Waals surface area contributed by atoms with Crippen LogP contribution in [0.3, 0.4) is 0 Å². The first kappa shape index (κ1) is 6.66. The fourth-order valence-electron chi connectivity index (χ4n) is 0.650. The Kier molecular flexibility index (Phi) is 3.20. The molecule has 0 aromatic rings. The molecule has 1 amide bonds. The average molecular weight is 173 g/mol. The molecule has 0 spiro atoms. The van der Waals surface area contributed by atoms with Gasteiger partial charge in [0.2, 0.25) is 5.91 Å². The number of hydrogen-bond donors (Lipinski definition) is 1. The van der Waals surface area contributed by atoms with Crippen LogP contribution in [0.4, 0.5) is 0 Å². The number of likely N-dealkylation sites (N-methyl/N-ethyl adjacent to an activating group) is 1. The molecule has 12 heavy (non-hydrogen) atoms. The standard InChI is InChI=1S/C9H18N2O/c1-8(2)10-9(12)6-5-7-11(3)4/h5-6,8H,7H2,1-4H3,(H,10,12)/b6-5+/i3D3. The second-order valence-electron chi connectivity index (χ2n) is 2.95. The Balaban J connectivity index is 3.95. The molecule has 0 unspecified atom stereocenters. The van der Waals surface area contributed by atoms with Crippen LogP contribution in [0, 0.1) is 0 Å². The van der Waals surface area contributed by atoms with Crippen molar-refractivity contribution >= 4 is 5.91 Å². The van der Waals surface area contributed by atoms with Gasteiger partial charge in [0.25, 0.3) is 0 Å². The normalized spacial score (nSPS) is 16.2. The number of amides is 1. The minimum absolute atomic E-state index is 0.0856. The van der Waals surface area contributed by atoms with Gasteiger partial charge >= 0.3 is 0 Å². The molecule has 3 heteroatoms. The van der Waals surface area contributed by atoms with Gasteiger partial charge in [-0.05, 0) is 27.9 Å². The van der Waals surface area contributed by atoms with Gasteiger partial charge in [-0.15, -0.1) is 0 Å². The van der Waals surface area contributed by atoms with Crippen LogP contribution in [0.2, 0.25) is 0 Å². The van der Waals surface area contributed by atoms with E-state index in [1.807, 2.05) is 13.8 Å². The summed E-state index contributed by atoms with van der Waals surface area (Å²) in [4.78, 5) is 12.3. The minimum Gasteiger partial charge on any atom is -0.350 e. The monoisotopic (exact) mass is 173 g/mol. The van der Waals surface area contributed by atoms with Crippen LogP contribution < -0.4 is 5.32 Å². The Morgan fingerprint density at radius 2 is 2.42 bits per heavy atom. The molecule has 0 aromatic carbocycles. The summed E-state index contributed by atoms with van der Waals surface area (Å²) < 4.78 is 21.2. The van der Waals surface area contributed by atoms with E-state index < -0.39 is 6.98 Å². The smallest absolute Gasteiger partial charge is 0.243 e. The number of rotatable bonds is 4. The van der Waals surface area contributed by atoms with Crippen molar-refractivity contribution in [1.29, 1.82) is 0 Å². The molecule has 70 valence electrons. The predicted octanol–water partition coefficient (Wildman–Crippen LogP) is 0.629. The highest BCUT2D eigenvalue weighted by Crippen LogP contribution is 1.81. The summed E-state index contributed by atoms with van der Waals surface area (Å²) in [6, 6.07) is 0.0856. The molecular weight excluding hydrogens is 152 g/mol. The summed E-state index contributed by atoms with van der Waals surface area (Å²) in [5.74, 6) is -0.205. The molecule has 0 fully saturated rings. The van der Waals surface area contributed by atoms with Gasteiger partial charge in [-0.25, -0.2) is 0 Å². The lowest BCUT2D eigenvalue weighted by Gasteiger charge is -2.05. The van der Waals surface area contributed by atoms with E-state index in [2.05, 4.69) is 5.32 Å². The van der Waals surface area contributed by atoms with Crippen LogP contribution in [0.15, 0.2) is 12.2 Å². The van der Waals surface area contributed by atoms with Crippen molar-refractivity contribution in [3.05, 3.63) is 12.2 Å². The molecule has 0 aromatic heterocycles. The van der Waals surface area contributed by atoms with Gasteiger partial charge < -0.3 is 10.2 Å². The van der Waals surface area contributed by atoms with Crippen LogP contribution in [0.1, 0.15) is 18.0 Å². The highest BCUT2D eigenvalue weighted by atomic mass is 16.1. The fraction of sp³-hybridized carbons (Fsp3) is 0.667. The third-order valence-corrected chi connectivity index (χ3v) is 1.08. The van der Waals surface area contributed by atoms with Gasteiger partial charge in [0, 0.05) is 22.8 Å². The molecule has 0 saturated carbocycles. The van der Waals surface area contributed by atoms with Gasteiger partial charge in [-0.3, -0.25) is 4.79 Å². The lowest BCUT2D eigenvalue weighted by Crippen LogP contribution is -2.28. The van der Waals surface area contributed by atoms with Crippen molar-refractivity contribution in [2.45, 2.75) is 19.9 Å². The van der Waals surface area contributed by atoms with Crippen molar-refractivity contribution in [3.8, 4) is 0 Å². The third kappa shape index (κ3) is 7.28. The first-order chi connectivity index (χ1) is 6.73. The number of hydrogen-bond acceptors (Lipinski definition) is 2. The Morgan fingerprint density at radius 1 is 1.75 bits per heavy atom. The minimum atomic E-state index is -2.11. The van der Waals surface area contributed by atoms with E-state index in [4.69, 9.17) is 4.11 Å². The second-order valence-corrected chi connectivity index (χ2v) is 2.95. The Bertz CT molecular complexity index is 236. The van der Waals surface area contributed by atoms with Crippen LogP contribution in [-0.2, 0) is 4.79 Å². The molecule has 0 aliphatic carbocycles. The second kappa shape index (κ2) is 5.77. The van der Waals surface area contributed by atoms with Gasteiger partial charge in [0.15, 0.2) is 0 Å². The van der Waals surface area contributed by atoms with E-state index in [-0.39, 0.29) is 18.5 Å². The zero-order valence-electron chi connectivity index (χ0n) is 10.8. The summed E-state index contributed by atoms with van der Waals surface area (Å²) in [6.07, 6.45) is 2.88. The van der Waals surface area contributed by atoms with E-state index in [9.17, 15) is 4.79 Å². The number of nitrogens with zero attached hydrogens (tertiary/aromatic N) is 1. The van der Waals surface area contributed by atoms with Crippen molar-refractivity contribution < 1.29 is 8.91 Å². The molecule has 0 heterocycles. The predicted molar refractivity (Wildman–Crippen MR) is 51.0 cm³/mol. The van der Waals surface area contributed by atoms with E-state index in [1.165, 1.54) is 24.1 Å². The molecule has 0 aliphatic rings. The Hall–Kier alpha value is -0.830. The average Bonchev–Trinajstić information content (AvgIpc) is 2.00. The molecular formula is C9H18N2O. The Labute approximate surface area is 78.7 Å². The summed E-state index contributed by atoms with van der Waals surface area (Å²) in [7, 11) is 1.48. The van der Waals surface area contributed by atoms with E-state index >= 15 is 0 Å². The van der Waals surface area contributed by atoms with Crippen molar-refractivity contribution in [2.24, 2.45) is 0 Å². The summed E-state index contributed by atoms with van der Waals surface area (Å²) in [6.45, 7) is 1.83. The summed E-state index contributed by atoms with van der Waals surface area (Å²) >= 11 is 0. The van der Waals surface area contributed by atoms with Gasteiger partial charge in [0.05, 0.1) is 0 Å². The van der Waals surface area contributed by atoms with Crippen molar-refractivity contribution in [1.82, 2.24) is 10.2 Å². The van der Waals surface area contributed by atoms with Crippen LogP contribution >= 0.6 is 0 Å². The molecule has 1 N–H and O–H groups in total. The quantitative estimate of drug-likeness (QED) is 0.632. The maximum atomic E-state index is 11.1. The van der Waals surface area contributed by atoms with Crippen molar-refractivity contribution in [2.75, 3.05) is 20.6 Å². The lowest BCUT2D eigenvalue weighted by molar-refractivity contribution is -0.116. The lowest BCUT2D eigenvalue weighted by atomic mass is 10.3. The molecule has 0 saturated heterocycles. The highest BCUT2D eigenvalue weighted by Gasteiger charge is 1.96. The van der Waals surface area contributed by atoms with Gasteiger partial charge in [-0.1, -0.05) is 6.08 Å². The fourth-order valence-corrected chi connectivity index (χ4v) is 0.650. The highest BCUT2D eigenvalue weighted by molar-refractivity contribution is 5.87. The molecule has 0 bridgehead atoms. The Morgan fingerprint density at radius 3 is 2.92 bits per heavy atom. The summed E-state index contributed by atoms with van der Waals surface area (Å²) in [5, 5.41) is 2.67. The number of nitrogens with one attached hydrogen (secondary N) is 1. The maximum absolute atomic E-state index is 11.1. The molecule has 3 nitrogen and oxygen atoms in total. The molecule has 0 atom stereocenters. The molecule has 0 aliphatic heterocycles. The topological polar surface area (TPSA) is 32.3 Å². The SMILES string of the molecule is [2H]C([2H])([2H])N(C)C/C=C/C(=O)NC(C)C. The van der Waals surface area contributed by atoms with Crippen LogP contribution in [-0.4, -0.2) is 37.4 Å².